The molecule has 0 aliphatic carbocycles. The lowest BCUT2D eigenvalue weighted by molar-refractivity contribution is 0.351. The van der Waals surface area contributed by atoms with Crippen LogP contribution in [-0.2, 0) is 0 Å². The first-order valence-electron chi connectivity index (χ1n) is 6.95. The molecule has 0 bridgehead atoms. The Kier molecular flexibility index (Phi) is 4.66. The molecule has 0 spiro atoms. The lowest BCUT2D eigenvalue weighted by atomic mass is 9.89. The fourth-order valence-electron chi connectivity index (χ4n) is 2.75. The third-order valence-corrected chi connectivity index (χ3v) is 5.06. The summed E-state index contributed by atoms with van der Waals surface area (Å²) < 4.78 is 1.16. The molecule has 0 radical (unpaired) electrons. The van der Waals surface area contributed by atoms with Crippen LogP contribution in [0, 0.1) is 18.8 Å². The number of hydrogen-bond acceptors (Lipinski definition) is 2. The van der Waals surface area contributed by atoms with Gasteiger partial charge in [0.2, 0.25) is 0 Å². The van der Waals surface area contributed by atoms with E-state index >= 15 is 0 Å². The molecule has 1 aliphatic rings. The van der Waals surface area contributed by atoms with Gasteiger partial charge < -0.3 is 4.90 Å². The summed E-state index contributed by atoms with van der Waals surface area (Å²) in [6.07, 6.45) is 5.85. The highest BCUT2D eigenvalue weighted by Gasteiger charge is 2.21. The highest BCUT2D eigenvalue weighted by molar-refractivity contribution is 9.10. The third kappa shape index (κ3) is 3.05. The Hall–Kier alpha value is -0.570. The van der Waals surface area contributed by atoms with Gasteiger partial charge in [-0.15, -0.1) is 0 Å². The molecular weight excluding hydrogens is 288 g/mol. The third-order valence-electron chi connectivity index (χ3n) is 4.08. The second-order valence-corrected chi connectivity index (χ2v) is 6.48. The minimum atomic E-state index is 0.804. The van der Waals surface area contributed by atoms with Crippen molar-refractivity contribution in [1.29, 1.82) is 0 Å². The number of anilines is 1. The first-order valence-corrected chi connectivity index (χ1v) is 7.75. The van der Waals surface area contributed by atoms with E-state index in [1.807, 2.05) is 6.20 Å². The lowest BCUT2D eigenvalue weighted by Crippen LogP contribution is -2.26. The zero-order valence-corrected chi connectivity index (χ0v) is 13.2. The molecule has 1 unspecified atom stereocenters. The van der Waals surface area contributed by atoms with Crippen LogP contribution >= 0.6 is 15.9 Å². The van der Waals surface area contributed by atoms with Crippen molar-refractivity contribution in [3.05, 3.63) is 22.3 Å². The van der Waals surface area contributed by atoms with Crippen LogP contribution in [0.15, 0.2) is 16.7 Å². The maximum atomic E-state index is 4.55. The Bertz CT molecular complexity index is 403. The standard InChI is InChI=1S/C15H23BrN2/c1-11(2)13-5-4-9-18(10-7-13)15-14(16)12(3)6-8-17-15/h6,8,11,13H,4-5,7,9-10H2,1-3H3. The molecule has 0 amide bonds. The smallest absolute Gasteiger partial charge is 0.143 e. The molecule has 1 fully saturated rings. The molecule has 2 rings (SSSR count). The molecule has 100 valence electrons. The van der Waals surface area contributed by atoms with E-state index in [1.165, 1.54) is 24.8 Å². The molecule has 2 nitrogen and oxygen atoms in total. The van der Waals surface area contributed by atoms with Gasteiger partial charge in [-0.1, -0.05) is 13.8 Å². The fraction of sp³-hybridized carbons (Fsp3) is 0.667. The van der Waals surface area contributed by atoms with Gasteiger partial charge >= 0.3 is 0 Å². The van der Waals surface area contributed by atoms with Gasteiger partial charge in [0, 0.05) is 19.3 Å². The van der Waals surface area contributed by atoms with Crippen LogP contribution < -0.4 is 4.90 Å². The Labute approximate surface area is 119 Å². The molecule has 1 aliphatic heterocycles. The van der Waals surface area contributed by atoms with Crippen molar-refractivity contribution in [3.63, 3.8) is 0 Å². The second kappa shape index (κ2) is 6.05. The number of aromatic nitrogens is 1. The van der Waals surface area contributed by atoms with Crippen LogP contribution in [0.1, 0.15) is 38.7 Å². The van der Waals surface area contributed by atoms with E-state index in [1.54, 1.807) is 0 Å². The van der Waals surface area contributed by atoms with Crippen LogP contribution in [0.25, 0.3) is 0 Å². The van der Waals surface area contributed by atoms with E-state index in [0.717, 1.165) is 35.2 Å². The van der Waals surface area contributed by atoms with Crippen molar-refractivity contribution in [2.75, 3.05) is 18.0 Å². The van der Waals surface area contributed by atoms with E-state index < -0.39 is 0 Å². The Morgan fingerprint density at radius 2 is 2.11 bits per heavy atom. The van der Waals surface area contributed by atoms with Gasteiger partial charge in [-0.05, 0) is 65.6 Å². The first-order chi connectivity index (χ1) is 8.59. The summed E-state index contributed by atoms with van der Waals surface area (Å²) in [5.74, 6) is 2.80. The number of nitrogens with zero attached hydrogens (tertiary/aromatic N) is 2. The topological polar surface area (TPSA) is 16.1 Å². The normalized spacial score (nSPS) is 21.2. The lowest BCUT2D eigenvalue weighted by Gasteiger charge is -2.24. The molecule has 1 aromatic rings. The maximum absolute atomic E-state index is 4.55. The molecule has 1 atom stereocenters. The molecule has 0 aromatic carbocycles. The number of pyridine rings is 1. The SMILES string of the molecule is Cc1ccnc(N2CCCC(C(C)C)CC2)c1Br. The molecule has 0 saturated carbocycles. The van der Waals surface area contributed by atoms with Gasteiger partial charge in [0.15, 0.2) is 0 Å². The molecule has 1 aromatic heterocycles. The summed E-state index contributed by atoms with van der Waals surface area (Å²) in [5.41, 5.74) is 1.27. The Morgan fingerprint density at radius 1 is 1.33 bits per heavy atom. The first kappa shape index (κ1) is 13.9. The molecule has 0 N–H and O–H groups in total. The van der Waals surface area contributed by atoms with Crippen LogP contribution in [0.3, 0.4) is 0 Å². The zero-order valence-electron chi connectivity index (χ0n) is 11.6. The van der Waals surface area contributed by atoms with Gasteiger partial charge in [-0.25, -0.2) is 4.98 Å². The number of hydrogen-bond donors (Lipinski definition) is 0. The van der Waals surface area contributed by atoms with Crippen LogP contribution in [0.2, 0.25) is 0 Å². The summed E-state index contributed by atoms with van der Waals surface area (Å²) in [4.78, 5) is 7.00. The van der Waals surface area contributed by atoms with Crippen molar-refractivity contribution in [2.45, 2.75) is 40.0 Å². The molecular formula is C15H23BrN2. The molecule has 18 heavy (non-hydrogen) atoms. The monoisotopic (exact) mass is 310 g/mol. The second-order valence-electron chi connectivity index (χ2n) is 5.69. The highest BCUT2D eigenvalue weighted by atomic mass is 79.9. The van der Waals surface area contributed by atoms with Gasteiger partial charge in [0.25, 0.3) is 0 Å². The van der Waals surface area contributed by atoms with E-state index in [0.29, 0.717) is 0 Å². The van der Waals surface area contributed by atoms with E-state index in [4.69, 9.17) is 0 Å². The van der Waals surface area contributed by atoms with Gasteiger partial charge in [0.05, 0.1) is 4.47 Å². The number of rotatable bonds is 2. The van der Waals surface area contributed by atoms with Crippen molar-refractivity contribution in [2.24, 2.45) is 11.8 Å². The van der Waals surface area contributed by atoms with E-state index in [9.17, 15) is 0 Å². The van der Waals surface area contributed by atoms with Crippen molar-refractivity contribution < 1.29 is 0 Å². The minimum Gasteiger partial charge on any atom is -0.356 e. The van der Waals surface area contributed by atoms with E-state index in [-0.39, 0.29) is 0 Å². The predicted molar refractivity (Wildman–Crippen MR) is 81.1 cm³/mol. The van der Waals surface area contributed by atoms with Gasteiger partial charge in [-0.2, -0.15) is 0 Å². The Morgan fingerprint density at radius 3 is 2.83 bits per heavy atom. The molecule has 2 heterocycles. The molecule has 3 heteroatoms. The van der Waals surface area contributed by atoms with Crippen molar-refractivity contribution in [3.8, 4) is 0 Å². The summed E-state index contributed by atoms with van der Waals surface area (Å²) in [7, 11) is 0. The number of halogens is 1. The Balaban J connectivity index is 2.12. The quantitative estimate of drug-likeness (QED) is 0.804. The van der Waals surface area contributed by atoms with Crippen LogP contribution in [0.4, 0.5) is 5.82 Å². The van der Waals surface area contributed by atoms with Crippen LogP contribution in [-0.4, -0.2) is 18.1 Å². The average Bonchev–Trinajstić information content (AvgIpc) is 2.58. The van der Waals surface area contributed by atoms with Crippen molar-refractivity contribution in [1.82, 2.24) is 4.98 Å². The average molecular weight is 311 g/mol. The largest absolute Gasteiger partial charge is 0.356 e. The summed E-state index contributed by atoms with van der Waals surface area (Å²) in [6, 6.07) is 2.06. The summed E-state index contributed by atoms with van der Waals surface area (Å²) in [5, 5.41) is 0. The summed E-state index contributed by atoms with van der Waals surface area (Å²) in [6.45, 7) is 9.10. The minimum absolute atomic E-state index is 0.804. The molecule has 1 saturated heterocycles. The highest BCUT2D eigenvalue weighted by Crippen LogP contribution is 2.31. The predicted octanol–water partition coefficient (Wildman–Crippen LogP) is 4.42. The summed E-state index contributed by atoms with van der Waals surface area (Å²) >= 11 is 3.68. The van der Waals surface area contributed by atoms with Crippen molar-refractivity contribution >= 4 is 21.7 Å². The van der Waals surface area contributed by atoms with E-state index in [2.05, 4.69) is 52.7 Å². The van der Waals surface area contributed by atoms with Gasteiger partial charge in [-0.3, -0.25) is 0 Å². The van der Waals surface area contributed by atoms with Gasteiger partial charge in [0.1, 0.15) is 5.82 Å². The number of aryl methyl sites for hydroxylation is 1. The maximum Gasteiger partial charge on any atom is 0.143 e. The zero-order chi connectivity index (χ0) is 13.1. The van der Waals surface area contributed by atoms with Crippen LogP contribution in [0.5, 0.6) is 0 Å². The fourth-order valence-corrected chi connectivity index (χ4v) is 3.23.